The van der Waals surface area contributed by atoms with Gasteiger partial charge in [-0.3, -0.25) is 9.59 Å². The fourth-order valence-corrected chi connectivity index (χ4v) is 2.04. The number of aromatic nitrogens is 2. The number of aromatic amines is 1. The van der Waals surface area contributed by atoms with Crippen molar-refractivity contribution in [3.05, 3.63) is 40.3 Å². The number of benzene rings is 1. The highest BCUT2D eigenvalue weighted by molar-refractivity contribution is 6.04. The number of carbonyl (C=O) groups excluding carboxylic acids is 1. The summed E-state index contributed by atoms with van der Waals surface area (Å²) in [5.74, 6) is -0.290. The molecule has 0 radical (unpaired) electrons. The smallest absolute Gasteiger partial charge is 0.272 e. The summed E-state index contributed by atoms with van der Waals surface area (Å²) >= 11 is 0. The van der Waals surface area contributed by atoms with Gasteiger partial charge in [-0.2, -0.15) is 5.10 Å². The standard InChI is InChI=1S/C14H18N4O2/c1-3-15-9(2)8-16-14(20)12-10-6-4-5-7-11(10)13(19)18-17-12/h4-7,9,15H,3,8H2,1-2H3,(H,16,20)(H,18,19)/t9-/m1/s1. The first-order valence-corrected chi connectivity index (χ1v) is 6.62. The Morgan fingerprint density at radius 1 is 1.35 bits per heavy atom. The molecule has 1 amide bonds. The first-order valence-electron chi connectivity index (χ1n) is 6.62. The van der Waals surface area contributed by atoms with Gasteiger partial charge in [-0.1, -0.05) is 25.1 Å². The lowest BCUT2D eigenvalue weighted by atomic mass is 10.1. The van der Waals surface area contributed by atoms with Crippen molar-refractivity contribution in [3.63, 3.8) is 0 Å². The largest absolute Gasteiger partial charge is 0.349 e. The number of amides is 1. The van der Waals surface area contributed by atoms with Crippen molar-refractivity contribution in [2.75, 3.05) is 13.1 Å². The van der Waals surface area contributed by atoms with Crippen LogP contribution in [0.2, 0.25) is 0 Å². The molecule has 0 aliphatic carbocycles. The molecule has 106 valence electrons. The number of fused-ring (bicyclic) bond motifs is 1. The summed E-state index contributed by atoms with van der Waals surface area (Å²) in [5.41, 5.74) is -0.0536. The van der Waals surface area contributed by atoms with Crippen LogP contribution in [0.4, 0.5) is 0 Å². The van der Waals surface area contributed by atoms with Crippen LogP contribution in [0.5, 0.6) is 0 Å². The minimum atomic E-state index is -0.293. The molecule has 0 saturated heterocycles. The predicted molar refractivity (Wildman–Crippen MR) is 77.8 cm³/mol. The third-order valence-electron chi connectivity index (χ3n) is 3.03. The molecule has 0 saturated carbocycles. The van der Waals surface area contributed by atoms with Crippen LogP contribution in [-0.4, -0.2) is 35.2 Å². The zero-order chi connectivity index (χ0) is 14.5. The molecule has 0 aliphatic rings. The van der Waals surface area contributed by atoms with E-state index in [2.05, 4.69) is 20.8 Å². The molecule has 0 spiro atoms. The van der Waals surface area contributed by atoms with E-state index in [1.807, 2.05) is 13.8 Å². The van der Waals surface area contributed by atoms with E-state index >= 15 is 0 Å². The van der Waals surface area contributed by atoms with Crippen LogP contribution in [0.15, 0.2) is 29.1 Å². The Kier molecular flexibility index (Phi) is 4.47. The van der Waals surface area contributed by atoms with E-state index in [0.717, 1.165) is 6.54 Å². The summed E-state index contributed by atoms with van der Waals surface area (Å²) in [6.07, 6.45) is 0. The van der Waals surface area contributed by atoms with Crippen molar-refractivity contribution in [3.8, 4) is 0 Å². The molecule has 0 fully saturated rings. The van der Waals surface area contributed by atoms with Crippen LogP contribution in [0.25, 0.3) is 10.8 Å². The van der Waals surface area contributed by atoms with Gasteiger partial charge in [0.05, 0.1) is 5.39 Å². The fourth-order valence-electron chi connectivity index (χ4n) is 2.04. The molecule has 1 heterocycles. The number of hydrogen-bond donors (Lipinski definition) is 3. The van der Waals surface area contributed by atoms with Crippen LogP contribution < -0.4 is 16.2 Å². The minimum absolute atomic E-state index is 0.179. The molecule has 1 aromatic carbocycles. The number of carbonyl (C=O) groups is 1. The lowest BCUT2D eigenvalue weighted by Crippen LogP contribution is -2.39. The second-order valence-corrected chi connectivity index (χ2v) is 4.62. The van der Waals surface area contributed by atoms with Gasteiger partial charge in [-0.05, 0) is 19.5 Å². The lowest BCUT2D eigenvalue weighted by molar-refractivity contribution is 0.0946. The van der Waals surface area contributed by atoms with Crippen molar-refractivity contribution in [2.24, 2.45) is 0 Å². The Balaban J connectivity index is 2.23. The van der Waals surface area contributed by atoms with Crippen molar-refractivity contribution >= 4 is 16.7 Å². The van der Waals surface area contributed by atoms with Gasteiger partial charge in [0.1, 0.15) is 0 Å². The van der Waals surface area contributed by atoms with Crippen LogP contribution in [0, 0.1) is 0 Å². The second kappa shape index (κ2) is 6.29. The van der Waals surface area contributed by atoms with Gasteiger partial charge in [0.25, 0.3) is 11.5 Å². The molecule has 1 atom stereocenters. The number of hydrogen-bond acceptors (Lipinski definition) is 4. The number of rotatable bonds is 5. The highest BCUT2D eigenvalue weighted by Crippen LogP contribution is 2.11. The average molecular weight is 274 g/mol. The summed E-state index contributed by atoms with van der Waals surface area (Å²) in [6.45, 7) is 5.34. The van der Waals surface area contributed by atoms with Crippen LogP contribution >= 0.6 is 0 Å². The molecule has 6 nitrogen and oxygen atoms in total. The molecule has 2 rings (SSSR count). The SMILES string of the molecule is CCN[C@H](C)CNC(=O)c1n[nH]c(=O)c2ccccc12. The maximum absolute atomic E-state index is 12.2. The molecular weight excluding hydrogens is 256 g/mol. The zero-order valence-corrected chi connectivity index (χ0v) is 11.6. The van der Waals surface area contributed by atoms with E-state index < -0.39 is 0 Å². The van der Waals surface area contributed by atoms with Crippen molar-refractivity contribution < 1.29 is 4.79 Å². The predicted octanol–water partition coefficient (Wildman–Crippen LogP) is 0.651. The van der Waals surface area contributed by atoms with Crippen molar-refractivity contribution in [1.82, 2.24) is 20.8 Å². The van der Waals surface area contributed by atoms with E-state index in [-0.39, 0.29) is 23.2 Å². The summed E-state index contributed by atoms with van der Waals surface area (Å²) < 4.78 is 0. The second-order valence-electron chi connectivity index (χ2n) is 4.62. The van der Waals surface area contributed by atoms with Crippen LogP contribution in [-0.2, 0) is 0 Å². The number of nitrogens with one attached hydrogen (secondary N) is 3. The quantitative estimate of drug-likeness (QED) is 0.747. The third kappa shape index (κ3) is 3.03. The van der Waals surface area contributed by atoms with Gasteiger partial charge < -0.3 is 10.6 Å². The van der Waals surface area contributed by atoms with Gasteiger partial charge in [0, 0.05) is 18.0 Å². The Bertz CT molecular complexity index is 666. The maximum atomic E-state index is 12.2. The highest BCUT2D eigenvalue weighted by atomic mass is 16.2. The molecule has 1 aromatic heterocycles. The fraction of sp³-hybridized carbons (Fsp3) is 0.357. The van der Waals surface area contributed by atoms with Crippen molar-refractivity contribution in [1.29, 1.82) is 0 Å². The van der Waals surface area contributed by atoms with E-state index in [0.29, 0.717) is 17.3 Å². The number of likely N-dealkylation sites (N-methyl/N-ethyl adjacent to an activating group) is 1. The third-order valence-corrected chi connectivity index (χ3v) is 3.03. The molecule has 2 aromatic rings. The first kappa shape index (κ1) is 14.2. The van der Waals surface area contributed by atoms with Gasteiger partial charge >= 0.3 is 0 Å². The van der Waals surface area contributed by atoms with Gasteiger partial charge in [-0.15, -0.1) is 0 Å². The van der Waals surface area contributed by atoms with E-state index in [1.165, 1.54) is 0 Å². The monoisotopic (exact) mass is 274 g/mol. The maximum Gasteiger partial charge on any atom is 0.272 e. The van der Waals surface area contributed by atoms with E-state index in [4.69, 9.17) is 0 Å². The summed E-state index contributed by atoms with van der Waals surface area (Å²) in [6, 6.07) is 7.11. The van der Waals surface area contributed by atoms with Gasteiger partial charge in [-0.25, -0.2) is 5.10 Å². The molecule has 3 N–H and O–H groups in total. The molecule has 0 aliphatic heterocycles. The topological polar surface area (TPSA) is 86.9 Å². The zero-order valence-electron chi connectivity index (χ0n) is 11.6. The summed E-state index contributed by atoms with van der Waals surface area (Å²) in [4.78, 5) is 23.8. The Morgan fingerprint density at radius 2 is 2.05 bits per heavy atom. The Hall–Kier alpha value is -2.21. The lowest BCUT2D eigenvalue weighted by Gasteiger charge is -2.13. The first-order chi connectivity index (χ1) is 9.63. The van der Waals surface area contributed by atoms with Crippen LogP contribution in [0.1, 0.15) is 24.3 Å². The Morgan fingerprint density at radius 3 is 2.75 bits per heavy atom. The minimum Gasteiger partial charge on any atom is -0.349 e. The number of H-pyrrole nitrogens is 1. The average Bonchev–Trinajstić information content (AvgIpc) is 2.46. The Labute approximate surface area is 116 Å². The molecule has 0 unspecified atom stereocenters. The van der Waals surface area contributed by atoms with Crippen LogP contribution in [0.3, 0.4) is 0 Å². The van der Waals surface area contributed by atoms with Crippen molar-refractivity contribution in [2.45, 2.75) is 19.9 Å². The van der Waals surface area contributed by atoms with Gasteiger partial charge in [0.2, 0.25) is 0 Å². The highest BCUT2D eigenvalue weighted by Gasteiger charge is 2.14. The van der Waals surface area contributed by atoms with Gasteiger partial charge in [0.15, 0.2) is 5.69 Å². The number of nitrogens with zero attached hydrogens (tertiary/aromatic N) is 1. The molecule has 6 heteroatoms. The van der Waals surface area contributed by atoms with E-state index in [1.54, 1.807) is 24.3 Å². The van der Waals surface area contributed by atoms with E-state index in [9.17, 15) is 9.59 Å². The molecule has 0 bridgehead atoms. The normalized spacial score (nSPS) is 12.3. The summed E-state index contributed by atoms with van der Waals surface area (Å²) in [5, 5.41) is 13.3. The molecular formula is C14H18N4O2. The summed E-state index contributed by atoms with van der Waals surface area (Å²) in [7, 11) is 0. The molecule has 20 heavy (non-hydrogen) atoms.